The molecule has 1 aromatic carbocycles. The van der Waals surface area contributed by atoms with Crippen LogP contribution in [0.15, 0.2) is 18.2 Å². The maximum atomic E-state index is 10.9. The lowest BCUT2D eigenvalue weighted by Gasteiger charge is -2.14. The van der Waals surface area contributed by atoms with E-state index in [1.807, 2.05) is 32.9 Å². The van der Waals surface area contributed by atoms with Crippen LogP contribution < -0.4 is 4.74 Å². The van der Waals surface area contributed by atoms with E-state index in [1.54, 1.807) is 6.92 Å². The molecule has 0 radical (unpaired) electrons. The molecule has 1 aromatic rings. The predicted octanol–water partition coefficient (Wildman–Crippen LogP) is 3.05. The third kappa shape index (κ3) is 4.15. The van der Waals surface area contributed by atoms with Gasteiger partial charge in [0.2, 0.25) is 0 Å². The van der Waals surface area contributed by atoms with Gasteiger partial charge in [-0.25, -0.2) is 0 Å². The largest absolute Gasteiger partial charge is 0.490 e. The maximum absolute atomic E-state index is 10.9. The van der Waals surface area contributed by atoms with Gasteiger partial charge in [0.15, 0.2) is 0 Å². The van der Waals surface area contributed by atoms with Crippen LogP contribution in [0.2, 0.25) is 0 Å². The molecule has 0 aliphatic rings. The molecule has 0 spiro atoms. The summed E-state index contributed by atoms with van der Waals surface area (Å²) in [7, 11) is 0. The number of rotatable bonds is 4. The Morgan fingerprint density at radius 2 is 1.80 bits per heavy atom. The van der Waals surface area contributed by atoms with E-state index in [0.717, 1.165) is 5.75 Å². The highest BCUT2D eigenvalue weighted by Crippen LogP contribution is 2.18. The number of hydrogen-bond donors (Lipinski definition) is 0. The van der Waals surface area contributed by atoms with E-state index in [0.29, 0.717) is 6.42 Å². The fourth-order valence-electron chi connectivity index (χ4n) is 1.68. The number of carbonyl (C=O) groups is 1. The Morgan fingerprint density at radius 1 is 1.27 bits per heavy atom. The van der Waals surface area contributed by atoms with Gasteiger partial charge in [0.1, 0.15) is 17.6 Å². The molecule has 0 saturated heterocycles. The van der Waals surface area contributed by atoms with Gasteiger partial charge in [0.25, 0.3) is 0 Å². The second kappa shape index (κ2) is 4.96. The zero-order valence-electron chi connectivity index (χ0n) is 9.83. The molecule has 1 unspecified atom stereocenters. The highest BCUT2D eigenvalue weighted by atomic mass is 16.5. The Morgan fingerprint density at radius 3 is 2.27 bits per heavy atom. The molecule has 0 aliphatic heterocycles. The average molecular weight is 206 g/mol. The molecule has 0 heterocycles. The molecule has 2 heteroatoms. The first kappa shape index (κ1) is 11.8. The van der Waals surface area contributed by atoms with Crippen LogP contribution in [-0.2, 0) is 4.79 Å². The molecule has 0 aromatic heterocycles. The number of ketones is 1. The molecule has 0 amide bonds. The molecule has 82 valence electrons. The first-order valence-electron chi connectivity index (χ1n) is 5.22. The van der Waals surface area contributed by atoms with Crippen LogP contribution in [0.3, 0.4) is 0 Å². The zero-order valence-corrected chi connectivity index (χ0v) is 9.83. The summed E-state index contributed by atoms with van der Waals surface area (Å²) in [4.78, 5) is 10.9. The van der Waals surface area contributed by atoms with Crippen molar-refractivity contribution in [3.05, 3.63) is 29.3 Å². The Bertz CT molecular complexity index is 335. The summed E-state index contributed by atoms with van der Waals surface area (Å²) in [6, 6.07) is 6.08. The molecule has 0 saturated carbocycles. The summed E-state index contributed by atoms with van der Waals surface area (Å²) in [5.74, 6) is 1.01. The Balaban J connectivity index is 2.67. The van der Waals surface area contributed by atoms with Crippen LogP contribution >= 0.6 is 0 Å². The summed E-state index contributed by atoms with van der Waals surface area (Å²) in [5.41, 5.74) is 2.36. The topological polar surface area (TPSA) is 26.3 Å². The fraction of sp³-hybridized carbons (Fsp3) is 0.462. The van der Waals surface area contributed by atoms with Crippen molar-refractivity contribution < 1.29 is 9.53 Å². The SMILES string of the molecule is CC(=O)CC(C)Oc1cc(C)cc(C)c1. The van der Waals surface area contributed by atoms with Crippen molar-refractivity contribution >= 4 is 5.78 Å². The van der Waals surface area contributed by atoms with Gasteiger partial charge < -0.3 is 4.74 Å². The number of benzene rings is 1. The van der Waals surface area contributed by atoms with Crippen molar-refractivity contribution in [3.8, 4) is 5.75 Å². The number of aryl methyl sites for hydroxylation is 2. The Hall–Kier alpha value is -1.31. The van der Waals surface area contributed by atoms with Crippen molar-refractivity contribution in [2.75, 3.05) is 0 Å². The minimum Gasteiger partial charge on any atom is -0.490 e. The van der Waals surface area contributed by atoms with E-state index in [1.165, 1.54) is 11.1 Å². The smallest absolute Gasteiger partial charge is 0.133 e. The lowest BCUT2D eigenvalue weighted by atomic mass is 10.1. The van der Waals surface area contributed by atoms with Crippen molar-refractivity contribution in [3.63, 3.8) is 0 Å². The second-order valence-corrected chi connectivity index (χ2v) is 4.16. The van der Waals surface area contributed by atoms with Crippen LogP contribution in [0.5, 0.6) is 5.75 Å². The van der Waals surface area contributed by atoms with Gasteiger partial charge in [0, 0.05) is 6.42 Å². The quantitative estimate of drug-likeness (QED) is 0.756. The fourth-order valence-corrected chi connectivity index (χ4v) is 1.68. The third-order valence-electron chi connectivity index (χ3n) is 2.11. The second-order valence-electron chi connectivity index (χ2n) is 4.16. The van der Waals surface area contributed by atoms with Crippen LogP contribution in [0.4, 0.5) is 0 Å². The molecule has 1 rings (SSSR count). The molecular weight excluding hydrogens is 188 g/mol. The lowest BCUT2D eigenvalue weighted by molar-refractivity contribution is -0.118. The summed E-state index contributed by atoms with van der Waals surface area (Å²) >= 11 is 0. The van der Waals surface area contributed by atoms with Gasteiger partial charge in [-0.1, -0.05) is 6.07 Å². The van der Waals surface area contributed by atoms with Crippen molar-refractivity contribution in [1.29, 1.82) is 0 Å². The number of hydrogen-bond acceptors (Lipinski definition) is 2. The zero-order chi connectivity index (χ0) is 11.4. The van der Waals surface area contributed by atoms with Gasteiger partial charge in [-0.3, -0.25) is 4.79 Å². The van der Waals surface area contributed by atoms with E-state index < -0.39 is 0 Å². The normalized spacial score (nSPS) is 12.3. The van der Waals surface area contributed by atoms with E-state index in [9.17, 15) is 4.79 Å². The standard InChI is InChI=1S/C13H18O2/c1-9-5-10(2)7-13(6-9)15-12(4)8-11(3)14/h5-7,12H,8H2,1-4H3. The monoisotopic (exact) mass is 206 g/mol. The van der Waals surface area contributed by atoms with Gasteiger partial charge in [-0.05, 0) is 51.0 Å². The van der Waals surface area contributed by atoms with E-state index in [4.69, 9.17) is 4.74 Å². The Kier molecular flexibility index (Phi) is 3.89. The number of ether oxygens (including phenoxy) is 1. The first-order valence-corrected chi connectivity index (χ1v) is 5.22. The van der Waals surface area contributed by atoms with Gasteiger partial charge in [-0.2, -0.15) is 0 Å². The van der Waals surface area contributed by atoms with E-state index >= 15 is 0 Å². The van der Waals surface area contributed by atoms with E-state index in [2.05, 4.69) is 6.07 Å². The minimum atomic E-state index is -0.0521. The number of carbonyl (C=O) groups excluding carboxylic acids is 1. The van der Waals surface area contributed by atoms with Crippen LogP contribution in [0, 0.1) is 13.8 Å². The predicted molar refractivity (Wildman–Crippen MR) is 61.3 cm³/mol. The highest BCUT2D eigenvalue weighted by Gasteiger charge is 2.07. The molecule has 15 heavy (non-hydrogen) atoms. The highest BCUT2D eigenvalue weighted by molar-refractivity contribution is 5.75. The molecule has 2 nitrogen and oxygen atoms in total. The molecule has 1 atom stereocenters. The lowest BCUT2D eigenvalue weighted by Crippen LogP contribution is -2.15. The van der Waals surface area contributed by atoms with Crippen molar-refractivity contribution in [2.45, 2.75) is 40.2 Å². The van der Waals surface area contributed by atoms with Crippen LogP contribution in [-0.4, -0.2) is 11.9 Å². The van der Waals surface area contributed by atoms with E-state index in [-0.39, 0.29) is 11.9 Å². The summed E-state index contributed by atoms with van der Waals surface area (Å²) in [6.07, 6.45) is 0.413. The van der Waals surface area contributed by atoms with Gasteiger partial charge >= 0.3 is 0 Å². The summed E-state index contributed by atoms with van der Waals surface area (Å²) in [5, 5.41) is 0. The third-order valence-corrected chi connectivity index (χ3v) is 2.11. The van der Waals surface area contributed by atoms with Crippen LogP contribution in [0.25, 0.3) is 0 Å². The average Bonchev–Trinajstić information content (AvgIpc) is 1.98. The molecular formula is C13H18O2. The summed E-state index contributed by atoms with van der Waals surface area (Å²) < 4.78 is 5.67. The maximum Gasteiger partial charge on any atom is 0.133 e. The van der Waals surface area contributed by atoms with Gasteiger partial charge in [0.05, 0.1) is 0 Å². The molecule has 0 fully saturated rings. The van der Waals surface area contributed by atoms with Crippen molar-refractivity contribution in [2.24, 2.45) is 0 Å². The Labute approximate surface area is 91.3 Å². The molecule has 0 N–H and O–H groups in total. The molecule has 0 bridgehead atoms. The minimum absolute atomic E-state index is 0.0521. The first-order chi connectivity index (χ1) is 6.97. The molecule has 0 aliphatic carbocycles. The van der Waals surface area contributed by atoms with Crippen molar-refractivity contribution in [1.82, 2.24) is 0 Å². The van der Waals surface area contributed by atoms with Crippen LogP contribution in [0.1, 0.15) is 31.4 Å². The van der Waals surface area contributed by atoms with Gasteiger partial charge in [-0.15, -0.1) is 0 Å². The summed E-state index contributed by atoms with van der Waals surface area (Å²) in [6.45, 7) is 7.57. The number of Topliss-reactive ketones (excluding diaryl/α,β-unsaturated/α-hetero) is 1.